The third kappa shape index (κ3) is 5.03. The topological polar surface area (TPSA) is 43.4 Å². The van der Waals surface area contributed by atoms with E-state index >= 15 is 0 Å². The largest absolute Gasteiger partial charge is 0.270 e. The summed E-state index contributed by atoms with van der Waals surface area (Å²) in [4.78, 5) is 0. The van der Waals surface area contributed by atoms with Gasteiger partial charge < -0.3 is 0 Å². The molecule has 0 heterocycles. The van der Waals surface area contributed by atoms with Gasteiger partial charge in [-0.3, -0.25) is 4.18 Å². The van der Waals surface area contributed by atoms with Crippen LogP contribution in [0.15, 0.2) is 0 Å². The van der Waals surface area contributed by atoms with Crippen LogP contribution in [0, 0.1) is 23.7 Å². The minimum atomic E-state index is -3.27. The lowest BCUT2D eigenvalue weighted by molar-refractivity contribution is 0.125. The summed E-state index contributed by atoms with van der Waals surface area (Å²) < 4.78 is 27.0. The molecule has 0 atom stereocenters. The maximum atomic E-state index is 11.0. The fraction of sp³-hybridized carbons (Fsp3) is 1.00. The minimum absolute atomic E-state index is 0.397. The zero-order valence-electron chi connectivity index (χ0n) is 13.0. The molecule has 2 aliphatic rings. The summed E-state index contributed by atoms with van der Waals surface area (Å²) in [6, 6.07) is 0. The maximum absolute atomic E-state index is 11.0. The quantitative estimate of drug-likeness (QED) is 0.721. The predicted octanol–water partition coefficient (Wildman–Crippen LogP) is 3.99. The third-order valence-corrected chi connectivity index (χ3v) is 6.11. The Morgan fingerprint density at radius 1 is 0.850 bits per heavy atom. The van der Waals surface area contributed by atoms with E-state index in [1.807, 2.05) is 0 Å². The molecule has 2 aliphatic carbocycles. The van der Waals surface area contributed by atoms with E-state index in [0.717, 1.165) is 36.9 Å². The Labute approximate surface area is 124 Å². The molecule has 0 N–H and O–H groups in total. The molecule has 0 spiro atoms. The Hall–Kier alpha value is -0.0900. The molecule has 2 fully saturated rings. The van der Waals surface area contributed by atoms with Gasteiger partial charge in [0, 0.05) is 0 Å². The zero-order chi connectivity index (χ0) is 14.6. The van der Waals surface area contributed by atoms with E-state index in [2.05, 4.69) is 6.92 Å². The first kappa shape index (κ1) is 16.3. The number of hydrogen-bond acceptors (Lipinski definition) is 3. The van der Waals surface area contributed by atoms with E-state index in [-0.39, 0.29) is 0 Å². The van der Waals surface area contributed by atoms with Crippen molar-refractivity contribution in [2.24, 2.45) is 23.7 Å². The van der Waals surface area contributed by atoms with Crippen molar-refractivity contribution in [1.29, 1.82) is 0 Å². The van der Waals surface area contributed by atoms with Crippen LogP contribution in [0.5, 0.6) is 0 Å². The van der Waals surface area contributed by atoms with Gasteiger partial charge in [0.05, 0.1) is 12.9 Å². The molecule has 0 aromatic heterocycles. The molecule has 2 saturated carbocycles. The summed E-state index contributed by atoms with van der Waals surface area (Å²) >= 11 is 0. The Morgan fingerprint density at radius 2 is 1.30 bits per heavy atom. The first-order chi connectivity index (χ1) is 9.48. The molecule has 0 saturated heterocycles. The summed E-state index contributed by atoms with van der Waals surface area (Å²) in [5.41, 5.74) is 0. The molecule has 2 rings (SSSR count). The number of hydrogen-bond donors (Lipinski definition) is 0. The molecule has 4 heteroatoms. The molecular formula is C16H30O3S. The van der Waals surface area contributed by atoms with Crippen molar-refractivity contribution in [1.82, 2.24) is 0 Å². The minimum Gasteiger partial charge on any atom is -0.270 e. The predicted molar refractivity (Wildman–Crippen MR) is 82.0 cm³/mol. The zero-order valence-corrected chi connectivity index (χ0v) is 13.8. The molecule has 3 nitrogen and oxygen atoms in total. The van der Waals surface area contributed by atoms with E-state index in [4.69, 9.17) is 4.18 Å². The molecule has 0 radical (unpaired) electrons. The molecule has 0 aromatic rings. The van der Waals surface area contributed by atoms with Gasteiger partial charge in [-0.1, -0.05) is 26.2 Å². The molecule has 0 unspecified atom stereocenters. The van der Waals surface area contributed by atoms with Gasteiger partial charge in [-0.2, -0.15) is 8.42 Å². The van der Waals surface area contributed by atoms with Crippen molar-refractivity contribution < 1.29 is 12.6 Å². The first-order valence-corrected chi connectivity index (χ1v) is 10.1. The molecule has 20 heavy (non-hydrogen) atoms. The molecule has 0 aliphatic heterocycles. The van der Waals surface area contributed by atoms with Crippen LogP contribution in [-0.2, 0) is 14.3 Å². The van der Waals surface area contributed by atoms with Gasteiger partial charge in [-0.05, 0) is 62.2 Å². The summed E-state index contributed by atoms with van der Waals surface area (Å²) in [6.45, 7) is 2.71. The molecular weight excluding hydrogens is 272 g/mol. The lowest BCUT2D eigenvalue weighted by Crippen LogP contribution is -2.27. The van der Waals surface area contributed by atoms with Crippen LogP contribution in [0.3, 0.4) is 0 Å². The average molecular weight is 302 g/mol. The van der Waals surface area contributed by atoms with Crippen LogP contribution in [0.25, 0.3) is 0 Å². The second-order valence-electron chi connectivity index (χ2n) is 6.96. The Kier molecular flexibility index (Phi) is 5.91. The average Bonchev–Trinajstić information content (AvgIpc) is 2.45. The normalized spacial score (nSPS) is 35.9. The molecule has 0 bridgehead atoms. The van der Waals surface area contributed by atoms with Crippen LogP contribution in [-0.4, -0.2) is 21.3 Å². The Balaban J connectivity index is 1.69. The van der Waals surface area contributed by atoms with Gasteiger partial charge in [0.15, 0.2) is 0 Å². The summed E-state index contributed by atoms with van der Waals surface area (Å²) in [7, 11) is -3.27. The van der Waals surface area contributed by atoms with Crippen LogP contribution < -0.4 is 0 Å². The summed E-state index contributed by atoms with van der Waals surface area (Å²) in [6.07, 6.45) is 13.0. The second-order valence-corrected chi connectivity index (χ2v) is 8.60. The van der Waals surface area contributed by atoms with Crippen molar-refractivity contribution >= 4 is 10.1 Å². The highest BCUT2D eigenvalue weighted by molar-refractivity contribution is 7.85. The summed E-state index contributed by atoms with van der Waals surface area (Å²) in [5, 5.41) is 0. The van der Waals surface area contributed by atoms with Gasteiger partial charge in [0.25, 0.3) is 10.1 Å². The van der Waals surface area contributed by atoms with Gasteiger partial charge in [-0.25, -0.2) is 0 Å². The fourth-order valence-electron chi connectivity index (χ4n) is 4.11. The van der Waals surface area contributed by atoms with Crippen molar-refractivity contribution in [3.63, 3.8) is 0 Å². The lowest BCUT2D eigenvalue weighted by atomic mass is 9.69. The van der Waals surface area contributed by atoms with Crippen LogP contribution >= 0.6 is 0 Å². The van der Waals surface area contributed by atoms with Crippen LogP contribution in [0.1, 0.15) is 64.7 Å². The molecule has 0 aromatic carbocycles. The highest BCUT2D eigenvalue weighted by Crippen LogP contribution is 2.41. The Morgan fingerprint density at radius 3 is 1.70 bits per heavy atom. The van der Waals surface area contributed by atoms with E-state index in [1.165, 1.54) is 44.9 Å². The van der Waals surface area contributed by atoms with E-state index in [9.17, 15) is 8.42 Å². The monoisotopic (exact) mass is 302 g/mol. The van der Waals surface area contributed by atoms with E-state index in [1.54, 1.807) is 0 Å². The standard InChI is InChI=1S/C16H30O3S/c1-3-13-4-8-15(9-5-13)16-10-6-14(7-11-16)12-19-20(2,17)18/h13-16H,3-12H2,1-2H3/t13-,14?,15-,16?. The van der Waals surface area contributed by atoms with Crippen LogP contribution in [0.4, 0.5) is 0 Å². The second kappa shape index (κ2) is 7.26. The number of rotatable bonds is 5. The van der Waals surface area contributed by atoms with Gasteiger partial charge in [0.2, 0.25) is 0 Å². The molecule has 118 valence electrons. The van der Waals surface area contributed by atoms with Crippen molar-refractivity contribution in [2.45, 2.75) is 64.7 Å². The lowest BCUT2D eigenvalue weighted by Gasteiger charge is -2.37. The molecule has 0 amide bonds. The summed E-state index contributed by atoms with van der Waals surface area (Å²) in [5.74, 6) is 3.26. The highest BCUT2D eigenvalue weighted by Gasteiger charge is 2.30. The van der Waals surface area contributed by atoms with E-state index < -0.39 is 10.1 Å². The van der Waals surface area contributed by atoms with Crippen molar-refractivity contribution in [2.75, 3.05) is 12.9 Å². The van der Waals surface area contributed by atoms with Gasteiger partial charge in [-0.15, -0.1) is 0 Å². The highest BCUT2D eigenvalue weighted by atomic mass is 32.2. The fourth-order valence-corrected chi connectivity index (χ4v) is 4.55. The van der Waals surface area contributed by atoms with Crippen LogP contribution in [0.2, 0.25) is 0 Å². The maximum Gasteiger partial charge on any atom is 0.264 e. The van der Waals surface area contributed by atoms with E-state index in [0.29, 0.717) is 12.5 Å². The first-order valence-electron chi connectivity index (χ1n) is 8.32. The Bertz CT molecular complexity index is 375. The third-order valence-electron chi connectivity index (χ3n) is 5.54. The van der Waals surface area contributed by atoms with Crippen molar-refractivity contribution in [3.05, 3.63) is 0 Å². The van der Waals surface area contributed by atoms with Gasteiger partial charge >= 0.3 is 0 Å². The smallest absolute Gasteiger partial charge is 0.264 e. The van der Waals surface area contributed by atoms with Gasteiger partial charge in [0.1, 0.15) is 0 Å². The SMILES string of the molecule is CC[C@H]1CC[C@H](C2CCC(COS(C)(=O)=O)CC2)CC1. The van der Waals surface area contributed by atoms with Crippen molar-refractivity contribution in [3.8, 4) is 0 Å².